The Morgan fingerprint density at radius 2 is 1.91 bits per heavy atom. The summed E-state index contributed by atoms with van der Waals surface area (Å²) in [5, 5.41) is 7.37. The van der Waals surface area contributed by atoms with Gasteiger partial charge in [-0.2, -0.15) is 5.10 Å². The molecule has 1 heterocycles. The second-order valence-corrected chi connectivity index (χ2v) is 5.84. The molecule has 0 aliphatic heterocycles. The minimum absolute atomic E-state index is 0.0282. The molecule has 1 amide bonds. The average molecular weight is 300 g/mol. The first kappa shape index (κ1) is 16.2. The number of carbonyl (C=O) groups excluding carboxylic acids is 1. The third kappa shape index (κ3) is 4.43. The van der Waals surface area contributed by atoms with Gasteiger partial charge in [0.1, 0.15) is 0 Å². The van der Waals surface area contributed by atoms with Crippen molar-refractivity contribution in [3.8, 4) is 0 Å². The van der Waals surface area contributed by atoms with E-state index in [1.807, 2.05) is 61.8 Å². The molecule has 22 heavy (non-hydrogen) atoms. The van der Waals surface area contributed by atoms with Crippen molar-refractivity contribution >= 4 is 5.91 Å². The van der Waals surface area contributed by atoms with Crippen molar-refractivity contribution in [1.82, 2.24) is 20.0 Å². The number of rotatable bonds is 6. The lowest BCUT2D eigenvalue weighted by Crippen LogP contribution is -2.31. The Bertz CT molecular complexity index is 629. The molecule has 0 spiro atoms. The summed E-state index contributed by atoms with van der Waals surface area (Å²) in [5.74, 6) is -0.0282. The van der Waals surface area contributed by atoms with Gasteiger partial charge >= 0.3 is 0 Å². The van der Waals surface area contributed by atoms with Crippen LogP contribution in [0.2, 0.25) is 0 Å². The van der Waals surface area contributed by atoms with Crippen LogP contribution in [0.4, 0.5) is 0 Å². The summed E-state index contributed by atoms with van der Waals surface area (Å²) in [6, 6.07) is 9.76. The molecule has 5 heteroatoms. The number of likely N-dealkylation sites (N-methyl/N-ethyl adjacent to an activating group) is 1. The molecule has 1 N–H and O–H groups in total. The fraction of sp³-hybridized carbons (Fsp3) is 0.412. The third-order valence-electron chi connectivity index (χ3n) is 3.50. The van der Waals surface area contributed by atoms with Crippen molar-refractivity contribution in [2.24, 2.45) is 0 Å². The highest BCUT2D eigenvalue weighted by Gasteiger charge is 2.06. The molecule has 5 nitrogen and oxygen atoms in total. The maximum Gasteiger partial charge on any atom is 0.251 e. The maximum atomic E-state index is 12.0. The molecule has 0 fully saturated rings. The van der Waals surface area contributed by atoms with Gasteiger partial charge < -0.3 is 10.2 Å². The minimum atomic E-state index is -0.0282. The summed E-state index contributed by atoms with van der Waals surface area (Å²) >= 11 is 0. The van der Waals surface area contributed by atoms with E-state index in [1.54, 1.807) is 0 Å². The number of hydrogen-bond donors (Lipinski definition) is 1. The molecule has 2 aromatic rings. The Labute approximate surface area is 131 Å². The summed E-state index contributed by atoms with van der Waals surface area (Å²) in [6.45, 7) is 6.25. The normalized spacial score (nSPS) is 11.0. The van der Waals surface area contributed by atoms with Gasteiger partial charge in [-0.1, -0.05) is 12.1 Å². The van der Waals surface area contributed by atoms with E-state index in [-0.39, 0.29) is 5.91 Å². The van der Waals surface area contributed by atoms with Crippen LogP contribution >= 0.6 is 0 Å². The van der Waals surface area contributed by atoms with E-state index in [0.717, 1.165) is 30.0 Å². The van der Waals surface area contributed by atoms with Gasteiger partial charge in [-0.15, -0.1) is 0 Å². The van der Waals surface area contributed by atoms with Crippen LogP contribution in [0.5, 0.6) is 0 Å². The fourth-order valence-corrected chi connectivity index (χ4v) is 2.26. The minimum Gasteiger partial charge on any atom is -0.351 e. The topological polar surface area (TPSA) is 50.2 Å². The van der Waals surface area contributed by atoms with Gasteiger partial charge in [-0.3, -0.25) is 9.48 Å². The fourth-order valence-electron chi connectivity index (χ4n) is 2.26. The van der Waals surface area contributed by atoms with Crippen LogP contribution in [0, 0.1) is 13.8 Å². The van der Waals surface area contributed by atoms with E-state index in [0.29, 0.717) is 12.1 Å². The highest BCUT2D eigenvalue weighted by molar-refractivity contribution is 5.94. The quantitative estimate of drug-likeness (QED) is 0.885. The molecule has 0 saturated heterocycles. The summed E-state index contributed by atoms with van der Waals surface area (Å²) < 4.78 is 1.97. The molecule has 118 valence electrons. The van der Waals surface area contributed by atoms with E-state index in [9.17, 15) is 4.79 Å². The molecular formula is C17H24N4O. The van der Waals surface area contributed by atoms with Gasteiger partial charge in [-0.25, -0.2) is 0 Å². The van der Waals surface area contributed by atoms with Crippen LogP contribution in [0.1, 0.15) is 27.3 Å². The molecule has 0 aliphatic carbocycles. The lowest BCUT2D eigenvalue weighted by atomic mass is 10.1. The molecule has 0 saturated carbocycles. The summed E-state index contributed by atoms with van der Waals surface area (Å²) in [6.07, 6.45) is 0. The molecule has 0 bridgehead atoms. The lowest BCUT2D eigenvalue weighted by Gasteiger charge is -2.11. The Balaban J connectivity index is 1.95. The number of carbonyl (C=O) groups is 1. The van der Waals surface area contributed by atoms with Crippen LogP contribution in [0.25, 0.3) is 0 Å². The Hall–Kier alpha value is -2.14. The van der Waals surface area contributed by atoms with Gasteiger partial charge in [0.15, 0.2) is 0 Å². The van der Waals surface area contributed by atoms with E-state index in [4.69, 9.17) is 0 Å². The van der Waals surface area contributed by atoms with Gasteiger partial charge in [0, 0.05) is 24.3 Å². The summed E-state index contributed by atoms with van der Waals surface area (Å²) in [4.78, 5) is 14.0. The molecule has 0 radical (unpaired) electrons. The van der Waals surface area contributed by atoms with Crippen molar-refractivity contribution in [3.05, 3.63) is 52.8 Å². The van der Waals surface area contributed by atoms with E-state index in [2.05, 4.69) is 16.5 Å². The van der Waals surface area contributed by atoms with Crippen LogP contribution in [0.3, 0.4) is 0 Å². The number of aromatic nitrogens is 2. The molecule has 2 rings (SSSR count). The van der Waals surface area contributed by atoms with Crippen LogP contribution in [-0.2, 0) is 6.54 Å². The Morgan fingerprint density at radius 3 is 2.45 bits per heavy atom. The predicted molar refractivity (Wildman–Crippen MR) is 88.1 cm³/mol. The molecule has 0 aliphatic rings. The predicted octanol–water partition coefficient (Wildman–Crippen LogP) is 1.84. The van der Waals surface area contributed by atoms with Crippen molar-refractivity contribution in [2.75, 3.05) is 27.2 Å². The second kappa shape index (κ2) is 7.22. The average Bonchev–Trinajstić information content (AvgIpc) is 2.77. The van der Waals surface area contributed by atoms with Crippen molar-refractivity contribution in [1.29, 1.82) is 0 Å². The first-order chi connectivity index (χ1) is 10.5. The SMILES string of the molecule is Cc1cc(C)n(Cc2ccc(C(=O)NCCN(C)C)cc2)n1. The second-order valence-electron chi connectivity index (χ2n) is 5.84. The standard InChI is InChI=1S/C17H24N4O/c1-13-11-14(2)21(19-13)12-15-5-7-16(8-6-15)17(22)18-9-10-20(3)4/h5-8,11H,9-10,12H2,1-4H3,(H,18,22). The number of nitrogens with zero attached hydrogens (tertiary/aromatic N) is 3. The molecule has 0 unspecified atom stereocenters. The number of hydrogen-bond acceptors (Lipinski definition) is 3. The zero-order chi connectivity index (χ0) is 16.1. The van der Waals surface area contributed by atoms with Crippen LogP contribution < -0.4 is 5.32 Å². The third-order valence-corrected chi connectivity index (χ3v) is 3.50. The largest absolute Gasteiger partial charge is 0.351 e. The Morgan fingerprint density at radius 1 is 1.23 bits per heavy atom. The molecule has 0 atom stereocenters. The van der Waals surface area contributed by atoms with Crippen molar-refractivity contribution < 1.29 is 4.79 Å². The molecule has 1 aromatic carbocycles. The van der Waals surface area contributed by atoms with Gasteiger partial charge in [-0.05, 0) is 51.7 Å². The first-order valence-corrected chi connectivity index (χ1v) is 7.48. The highest BCUT2D eigenvalue weighted by Crippen LogP contribution is 2.09. The Kier molecular flexibility index (Phi) is 5.33. The van der Waals surface area contributed by atoms with Crippen LogP contribution in [0.15, 0.2) is 30.3 Å². The van der Waals surface area contributed by atoms with Crippen molar-refractivity contribution in [2.45, 2.75) is 20.4 Å². The monoisotopic (exact) mass is 300 g/mol. The van der Waals surface area contributed by atoms with Gasteiger partial charge in [0.2, 0.25) is 0 Å². The number of benzene rings is 1. The van der Waals surface area contributed by atoms with Gasteiger partial charge in [0.25, 0.3) is 5.91 Å². The highest BCUT2D eigenvalue weighted by atomic mass is 16.1. The molecular weight excluding hydrogens is 276 g/mol. The summed E-state index contributed by atoms with van der Waals surface area (Å²) in [5.41, 5.74) is 3.99. The van der Waals surface area contributed by atoms with E-state index >= 15 is 0 Å². The number of amides is 1. The zero-order valence-electron chi connectivity index (χ0n) is 13.8. The van der Waals surface area contributed by atoms with Crippen LogP contribution in [-0.4, -0.2) is 47.8 Å². The van der Waals surface area contributed by atoms with Gasteiger partial charge in [0.05, 0.1) is 12.2 Å². The summed E-state index contributed by atoms with van der Waals surface area (Å²) in [7, 11) is 3.97. The molecule has 1 aromatic heterocycles. The first-order valence-electron chi connectivity index (χ1n) is 7.48. The van der Waals surface area contributed by atoms with E-state index in [1.165, 1.54) is 0 Å². The number of nitrogens with one attached hydrogen (secondary N) is 1. The zero-order valence-corrected chi connectivity index (χ0v) is 13.8. The van der Waals surface area contributed by atoms with Crippen molar-refractivity contribution in [3.63, 3.8) is 0 Å². The van der Waals surface area contributed by atoms with E-state index < -0.39 is 0 Å². The smallest absolute Gasteiger partial charge is 0.251 e. The number of aryl methyl sites for hydroxylation is 2. The maximum absolute atomic E-state index is 12.0. The lowest BCUT2D eigenvalue weighted by molar-refractivity contribution is 0.0951.